The van der Waals surface area contributed by atoms with Crippen LogP contribution >= 0.6 is 0 Å². The molecule has 0 N–H and O–H groups in total. The first-order chi connectivity index (χ1) is 23.5. The summed E-state index contributed by atoms with van der Waals surface area (Å²) in [5.74, 6) is 0.633. The quantitative estimate of drug-likeness (QED) is 0.0825. The molecule has 6 heteroatoms. The second-order valence-corrected chi connectivity index (χ2v) is 18.5. The highest BCUT2D eigenvalue weighted by atomic mass is 28.4. The Bertz CT molecular complexity index is 1520. The SMILES string of the molecule is COc1ccc(CO[C@@H](CC(C)C)C(=O)O[C@@H](CCO[Si](c2ccccc2)(c2ccccc2)C(C)(C)C)[C@H](C)/C=C/c2ccccc2)cc1. The largest absolute Gasteiger partial charge is 0.497 e. The molecule has 0 bridgehead atoms. The predicted molar refractivity (Wildman–Crippen MR) is 204 cm³/mol. The summed E-state index contributed by atoms with van der Waals surface area (Å²) in [5.41, 5.74) is 2.07. The summed E-state index contributed by atoms with van der Waals surface area (Å²) >= 11 is 0. The molecule has 0 saturated heterocycles. The van der Waals surface area contributed by atoms with Crippen molar-refractivity contribution < 1.29 is 23.4 Å². The molecule has 0 aliphatic heterocycles. The molecule has 49 heavy (non-hydrogen) atoms. The molecular weight excluding hydrogens is 625 g/mol. The van der Waals surface area contributed by atoms with Crippen LogP contribution in [0.4, 0.5) is 0 Å². The van der Waals surface area contributed by atoms with Crippen LogP contribution in [-0.4, -0.2) is 40.2 Å². The van der Waals surface area contributed by atoms with Crippen molar-refractivity contribution in [3.05, 3.63) is 132 Å². The number of carbonyl (C=O) groups excluding carboxylic acids is 1. The lowest BCUT2D eigenvalue weighted by molar-refractivity contribution is -0.167. The molecule has 3 atom stereocenters. The lowest BCUT2D eigenvalue weighted by Gasteiger charge is -2.43. The molecule has 4 rings (SSSR count). The highest BCUT2D eigenvalue weighted by Crippen LogP contribution is 2.37. The maximum Gasteiger partial charge on any atom is 0.335 e. The molecule has 0 radical (unpaired) electrons. The van der Waals surface area contributed by atoms with Crippen molar-refractivity contribution in [2.75, 3.05) is 13.7 Å². The van der Waals surface area contributed by atoms with E-state index in [4.69, 9.17) is 18.6 Å². The van der Waals surface area contributed by atoms with Crippen molar-refractivity contribution in [2.45, 2.75) is 78.2 Å². The lowest BCUT2D eigenvalue weighted by atomic mass is 10.00. The average molecular weight is 679 g/mol. The third-order valence-corrected chi connectivity index (χ3v) is 14.0. The number of esters is 1. The minimum Gasteiger partial charge on any atom is -0.497 e. The summed E-state index contributed by atoms with van der Waals surface area (Å²) in [4.78, 5) is 13.9. The van der Waals surface area contributed by atoms with Crippen LogP contribution in [0.25, 0.3) is 6.08 Å². The number of hydrogen-bond donors (Lipinski definition) is 0. The maximum absolute atomic E-state index is 13.9. The Labute approximate surface area is 295 Å². The Balaban J connectivity index is 1.59. The van der Waals surface area contributed by atoms with Crippen LogP contribution in [0.15, 0.2) is 121 Å². The highest BCUT2D eigenvalue weighted by molar-refractivity contribution is 6.99. The molecule has 0 unspecified atom stereocenters. The zero-order valence-corrected chi connectivity index (χ0v) is 31.3. The number of benzene rings is 4. The molecule has 0 aliphatic carbocycles. The Kier molecular flexibility index (Phi) is 14.0. The van der Waals surface area contributed by atoms with E-state index in [2.05, 4.69) is 126 Å². The standard InChI is InChI=1S/C43H54O5Si/c1-33(2)31-41(46-32-36-25-27-37(45-7)28-26-36)42(44)48-40(34(3)23-24-35-17-11-8-12-18-35)29-30-47-49(43(4,5)6,38-19-13-9-14-20-38)39-21-15-10-16-22-39/h8-28,33-34,40-41H,29-32H2,1-7H3/b24-23+/t34-,40+,41+/m1/s1. The van der Waals surface area contributed by atoms with E-state index in [1.54, 1.807) is 7.11 Å². The van der Waals surface area contributed by atoms with Gasteiger partial charge in [0.25, 0.3) is 8.32 Å². The predicted octanol–water partition coefficient (Wildman–Crippen LogP) is 8.85. The van der Waals surface area contributed by atoms with Crippen molar-refractivity contribution in [1.29, 1.82) is 0 Å². The summed E-state index contributed by atoms with van der Waals surface area (Å²) in [6.07, 6.45) is 4.24. The topological polar surface area (TPSA) is 54.0 Å². The smallest absolute Gasteiger partial charge is 0.335 e. The Morgan fingerprint density at radius 1 is 0.776 bits per heavy atom. The van der Waals surface area contributed by atoms with Crippen molar-refractivity contribution in [3.8, 4) is 5.75 Å². The molecule has 4 aromatic rings. The van der Waals surface area contributed by atoms with E-state index in [1.807, 2.05) is 42.5 Å². The van der Waals surface area contributed by atoms with Crippen LogP contribution in [0, 0.1) is 11.8 Å². The fraction of sp³-hybridized carbons (Fsp3) is 0.372. The Hall–Kier alpha value is -3.97. The Morgan fingerprint density at radius 3 is 1.84 bits per heavy atom. The van der Waals surface area contributed by atoms with Gasteiger partial charge in [0.2, 0.25) is 0 Å². The van der Waals surface area contributed by atoms with E-state index in [0.717, 1.165) is 16.9 Å². The third kappa shape index (κ3) is 10.5. The maximum atomic E-state index is 13.9. The molecule has 0 amide bonds. The molecule has 0 saturated carbocycles. The van der Waals surface area contributed by atoms with Gasteiger partial charge in [-0.15, -0.1) is 0 Å². The molecule has 0 spiro atoms. The van der Waals surface area contributed by atoms with Crippen molar-refractivity contribution >= 4 is 30.7 Å². The summed E-state index contributed by atoms with van der Waals surface area (Å²) in [6.45, 7) is 13.9. The first kappa shape index (κ1) is 37.8. The molecule has 0 aromatic heterocycles. The molecular formula is C43H54O5Si. The van der Waals surface area contributed by atoms with Gasteiger partial charge in [-0.05, 0) is 51.0 Å². The van der Waals surface area contributed by atoms with E-state index < -0.39 is 20.5 Å². The van der Waals surface area contributed by atoms with Crippen LogP contribution in [0.3, 0.4) is 0 Å². The molecule has 5 nitrogen and oxygen atoms in total. The second kappa shape index (κ2) is 18.1. The number of hydrogen-bond acceptors (Lipinski definition) is 5. The van der Waals surface area contributed by atoms with E-state index in [1.165, 1.54) is 10.4 Å². The average Bonchev–Trinajstić information content (AvgIpc) is 3.11. The van der Waals surface area contributed by atoms with Crippen molar-refractivity contribution in [2.24, 2.45) is 11.8 Å². The van der Waals surface area contributed by atoms with Crippen molar-refractivity contribution in [1.82, 2.24) is 0 Å². The van der Waals surface area contributed by atoms with Gasteiger partial charge in [-0.3, -0.25) is 0 Å². The number of ether oxygens (including phenoxy) is 3. The first-order valence-electron chi connectivity index (χ1n) is 17.5. The van der Waals surface area contributed by atoms with E-state index >= 15 is 0 Å². The van der Waals surface area contributed by atoms with Crippen LogP contribution in [0.1, 0.15) is 65.5 Å². The minimum absolute atomic E-state index is 0.0619. The highest BCUT2D eigenvalue weighted by Gasteiger charge is 2.50. The second-order valence-electron chi connectivity index (χ2n) is 14.2. The van der Waals surface area contributed by atoms with E-state index in [-0.39, 0.29) is 22.8 Å². The zero-order valence-electron chi connectivity index (χ0n) is 30.3. The molecule has 4 aromatic carbocycles. The van der Waals surface area contributed by atoms with Crippen LogP contribution in [0.2, 0.25) is 5.04 Å². The monoisotopic (exact) mass is 678 g/mol. The van der Waals surface area contributed by atoms with E-state index in [0.29, 0.717) is 26.1 Å². The fourth-order valence-corrected chi connectivity index (χ4v) is 10.9. The van der Waals surface area contributed by atoms with Gasteiger partial charge in [0.05, 0.1) is 13.7 Å². The summed E-state index contributed by atoms with van der Waals surface area (Å²) < 4.78 is 25.2. The zero-order chi connectivity index (χ0) is 35.3. The van der Waals surface area contributed by atoms with Gasteiger partial charge in [0.1, 0.15) is 11.9 Å². The van der Waals surface area contributed by atoms with Gasteiger partial charge in [0.15, 0.2) is 6.10 Å². The number of rotatable bonds is 17. The summed E-state index contributed by atoms with van der Waals surface area (Å²) in [7, 11) is -1.11. The van der Waals surface area contributed by atoms with Crippen LogP contribution < -0.4 is 15.1 Å². The van der Waals surface area contributed by atoms with Gasteiger partial charge < -0.3 is 18.6 Å². The minimum atomic E-state index is -2.75. The molecule has 0 fully saturated rings. The van der Waals surface area contributed by atoms with Crippen LogP contribution in [-0.2, 0) is 25.3 Å². The molecule has 0 aliphatic rings. The summed E-state index contributed by atoms with van der Waals surface area (Å²) in [5, 5.41) is 2.30. The number of carbonyl (C=O) groups is 1. The Morgan fingerprint density at radius 2 is 1.33 bits per heavy atom. The first-order valence-corrected chi connectivity index (χ1v) is 19.4. The van der Waals surface area contributed by atoms with Gasteiger partial charge >= 0.3 is 5.97 Å². The lowest BCUT2D eigenvalue weighted by Crippen LogP contribution is -2.66. The van der Waals surface area contributed by atoms with Gasteiger partial charge in [0, 0.05) is 18.9 Å². The van der Waals surface area contributed by atoms with Gasteiger partial charge in [-0.2, -0.15) is 0 Å². The van der Waals surface area contributed by atoms with Crippen molar-refractivity contribution in [3.63, 3.8) is 0 Å². The molecule has 0 heterocycles. The summed E-state index contributed by atoms with van der Waals surface area (Å²) in [6, 6.07) is 39.2. The van der Waals surface area contributed by atoms with Crippen LogP contribution in [0.5, 0.6) is 5.75 Å². The number of methoxy groups -OCH3 is 1. The fourth-order valence-electron chi connectivity index (χ4n) is 6.27. The molecule has 260 valence electrons. The van der Waals surface area contributed by atoms with Gasteiger partial charge in [-0.1, -0.05) is 157 Å². The van der Waals surface area contributed by atoms with E-state index in [9.17, 15) is 4.79 Å². The van der Waals surface area contributed by atoms with Gasteiger partial charge in [-0.25, -0.2) is 4.79 Å². The third-order valence-electron chi connectivity index (χ3n) is 8.94. The normalized spacial score (nSPS) is 14.0.